The second-order valence-corrected chi connectivity index (χ2v) is 9.23. The molecule has 1 atom stereocenters. The van der Waals surface area contributed by atoms with Crippen molar-refractivity contribution in [1.29, 1.82) is 0 Å². The number of nitrogens with zero attached hydrogens (tertiary/aromatic N) is 1. The summed E-state index contributed by atoms with van der Waals surface area (Å²) in [5, 5.41) is 0. The van der Waals surface area contributed by atoms with E-state index in [0.717, 1.165) is 19.1 Å². The van der Waals surface area contributed by atoms with Gasteiger partial charge in [-0.2, -0.15) is 0 Å². The van der Waals surface area contributed by atoms with Crippen LogP contribution in [0.15, 0.2) is 0 Å². The van der Waals surface area contributed by atoms with Crippen molar-refractivity contribution in [3.05, 3.63) is 0 Å². The van der Waals surface area contributed by atoms with Gasteiger partial charge in [-0.1, -0.05) is 0 Å². The van der Waals surface area contributed by atoms with Crippen molar-refractivity contribution in [1.82, 2.24) is 4.57 Å². The second-order valence-electron chi connectivity index (χ2n) is 2.15. The normalized spacial score (nSPS) is 37.7. The summed E-state index contributed by atoms with van der Waals surface area (Å²) in [6.45, 7) is 3.77. The van der Waals surface area contributed by atoms with Gasteiger partial charge in [0.25, 0.3) is 0 Å². The van der Waals surface area contributed by atoms with Crippen molar-refractivity contribution in [3.8, 4) is 0 Å². The molecule has 0 bridgehead atoms. The van der Waals surface area contributed by atoms with Crippen molar-refractivity contribution in [2.45, 2.75) is 11.7 Å². The SMILES string of the molecule is CC1CN(C)[SiH2][Se]1. The Morgan fingerprint density at radius 3 is 2.71 bits per heavy atom. The topological polar surface area (TPSA) is 3.24 Å². The fraction of sp³-hybridized carbons (Fsp3) is 1.00. The Hall–Kier alpha value is 0.696. The molecule has 0 N–H and O–H groups in total. The summed E-state index contributed by atoms with van der Waals surface area (Å²) in [5.74, 6) is 0. The van der Waals surface area contributed by atoms with Gasteiger partial charge in [0, 0.05) is 0 Å². The van der Waals surface area contributed by atoms with E-state index in [9.17, 15) is 0 Å². The minimum absolute atomic E-state index is 0.316. The Morgan fingerprint density at radius 2 is 2.57 bits per heavy atom. The molecular formula is C4H11NSeSi. The van der Waals surface area contributed by atoms with Crippen LogP contribution in [0.25, 0.3) is 0 Å². The standard InChI is InChI=1S/C4H11NSeSi/c1-4-3-5(2)7-6-4/h4H,3,7H2,1-2H3. The average molecular weight is 180 g/mol. The average Bonchev–Trinajstić information content (AvgIpc) is 1.87. The van der Waals surface area contributed by atoms with Crippen LogP contribution in [-0.4, -0.2) is 40.8 Å². The zero-order valence-corrected chi connectivity index (χ0v) is 7.97. The van der Waals surface area contributed by atoms with E-state index in [-0.39, 0.29) is 0 Å². The van der Waals surface area contributed by atoms with Gasteiger partial charge in [-0.3, -0.25) is 0 Å². The van der Waals surface area contributed by atoms with Crippen molar-refractivity contribution in [2.75, 3.05) is 13.6 Å². The first-order chi connectivity index (χ1) is 3.29. The molecule has 42 valence electrons. The van der Waals surface area contributed by atoms with Gasteiger partial charge in [0.2, 0.25) is 0 Å². The van der Waals surface area contributed by atoms with Crippen LogP contribution < -0.4 is 0 Å². The zero-order valence-electron chi connectivity index (χ0n) is 4.85. The summed E-state index contributed by atoms with van der Waals surface area (Å²) in [4.78, 5) is 1.07. The molecule has 1 fully saturated rings. The molecule has 0 amide bonds. The molecule has 0 radical (unpaired) electrons. The quantitative estimate of drug-likeness (QED) is 0.452. The summed E-state index contributed by atoms with van der Waals surface area (Å²) < 4.78 is 2.55. The third-order valence-corrected chi connectivity index (χ3v) is 10.2. The van der Waals surface area contributed by atoms with E-state index in [1.54, 1.807) is 0 Å². The van der Waals surface area contributed by atoms with Crippen molar-refractivity contribution >= 4 is 22.6 Å². The zero-order chi connectivity index (χ0) is 5.28. The molecule has 0 aromatic heterocycles. The van der Waals surface area contributed by atoms with Crippen LogP contribution in [0.2, 0.25) is 4.82 Å². The Bertz CT molecular complexity index is 60.7. The van der Waals surface area contributed by atoms with Crippen LogP contribution in [-0.2, 0) is 0 Å². The summed E-state index contributed by atoms with van der Waals surface area (Å²) in [5.41, 5.74) is 0. The van der Waals surface area contributed by atoms with Crippen molar-refractivity contribution in [2.24, 2.45) is 0 Å². The number of hydrogen-bond acceptors (Lipinski definition) is 1. The van der Waals surface area contributed by atoms with E-state index >= 15 is 0 Å². The first kappa shape index (κ1) is 5.83. The van der Waals surface area contributed by atoms with E-state index in [4.69, 9.17) is 0 Å². The summed E-state index contributed by atoms with van der Waals surface area (Å²) in [6, 6.07) is 0. The first-order valence-electron chi connectivity index (χ1n) is 2.59. The van der Waals surface area contributed by atoms with E-state index < -0.39 is 0 Å². The molecular weight excluding hydrogens is 169 g/mol. The van der Waals surface area contributed by atoms with E-state index in [1.807, 2.05) is 0 Å². The Balaban J connectivity index is 2.26. The van der Waals surface area contributed by atoms with E-state index in [2.05, 4.69) is 18.5 Å². The van der Waals surface area contributed by atoms with Crippen LogP contribution >= 0.6 is 0 Å². The molecule has 1 heterocycles. The third kappa shape index (κ3) is 1.57. The molecule has 0 saturated carbocycles. The van der Waals surface area contributed by atoms with Gasteiger partial charge >= 0.3 is 52.5 Å². The maximum absolute atomic E-state index is 2.55. The molecule has 1 aliphatic heterocycles. The number of rotatable bonds is 0. The fourth-order valence-corrected chi connectivity index (χ4v) is 7.39. The van der Waals surface area contributed by atoms with Gasteiger partial charge in [-0.05, 0) is 0 Å². The van der Waals surface area contributed by atoms with E-state index in [0.29, 0.717) is 8.29 Å². The molecule has 0 aromatic carbocycles. The van der Waals surface area contributed by atoms with Crippen LogP contribution in [0, 0.1) is 0 Å². The Kier molecular flexibility index (Phi) is 1.92. The molecule has 7 heavy (non-hydrogen) atoms. The van der Waals surface area contributed by atoms with Crippen LogP contribution in [0.1, 0.15) is 6.92 Å². The van der Waals surface area contributed by atoms with E-state index in [1.165, 1.54) is 6.54 Å². The number of hydrogen-bond donors (Lipinski definition) is 0. The van der Waals surface area contributed by atoms with Crippen LogP contribution in [0.4, 0.5) is 0 Å². The predicted octanol–water partition coefficient (Wildman–Crippen LogP) is -0.557. The van der Waals surface area contributed by atoms with Gasteiger partial charge in [0.15, 0.2) is 0 Å². The van der Waals surface area contributed by atoms with Crippen LogP contribution in [0.3, 0.4) is 0 Å². The molecule has 1 saturated heterocycles. The Labute approximate surface area is 53.0 Å². The van der Waals surface area contributed by atoms with Gasteiger partial charge in [-0.15, -0.1) is 0 Å². The third-order valence-electron chi connectivity index (χ3n) is 1.15. The van der Waals surface area contributed by atoms with Gasteiger partial charge in [-0.25, -0.2) is 0 Å². The minimum atomic E-state index is 0.316. The summed E-state index contributed by atoms with van der Waals surface area (Å²) >= 11 is 1.06. The molecule has 0 spiro atoms. The summed E-state index contributed by atoms with van der Waals surface area (Å²) in [7, 11) is 2.58. The molecule has 1 unspecified atom stereocenters. The van der Waals surface area contributed by atoms with Crippen LogP contribution in [0.5, 0.6) is 0 Å². The van der Waals surface area contributed by atoms with Gasteiger partial charge < -0.3 is 0 Å². The molecule has 1 aliphatic rings. The van der Waals surface area contributed by atoms with Gasteiger partial charge in [0.05, 0.1) is 0 Å². The summed E-state index contributed by atoms with van der Waals surface area (Å²) in [6.07, 6.45) is 0. The van der Waals surface area contributed by atoms with Crippen molar-refractivity contribution in [3.63, 3.8) is 0 Å². The molecule has 3 heteroatoms. The van der Waals surface area contributed by atoms with Crippen molar-refractivity contribution < 1.29 is 0 Å². The molecule has 1 rings (SSSR count). The fourth-order valence-electron chi connectivity index (χ4n) is 0.799. The first-order valence-corrected chi connectivity index (χ1v) is 8.42. The predicted molar refractivity (Wildman–Crippen MR) is 36.4 cm³/mol. The van der Waals surface area contributed by atoms with Gasteiger partial charge in [0.1, 0.15) is 0 Å². The maximum atomic E-state index is 2.55. The molecule has 0 aliphatic carbocycles. The second kappa shape index (κ2) is 2.31. The molecule has 0 aromatic rings. The monoisotopic (exact) mass is 181 g/mol. The molecule has 1 nitrogen and oxygen atoms in total. The Morgan fingerprint density at radius 1 is 1.86 bits per heavy atom.